The zero-order valence-electron chi connectivity index (χ0n) is 25.6. The Labute approximate surface area is 258 Å². The molecule has 0 radical (unpaired) electrons. The number of fused-ring (bicyclic) bond motifs is 3. The Bertz CT molecular complexity index is 1710. The fourth-order valence-corrected chi connectivity index (χ4v) is 6.35. The summed E-state index contributed by atoms with van der Waals surface area (Å²) in [5.74, 6) is 0. The van der Waals surface area contributed by atoms with E-state index >= 15 is 0 Å². The molecule has 5 aromatic rings. The molecule has 0 saturated heterocycles. The second-order valence-electron chi connectivity index (χ2n) is 10.6. The molecule has 0 bridgehead atoms. The summed E-state index contributed by atoms with van der Waals surface area (Å²) in [7, 11) is 0. The lowest BCUT2D eigenvalue weighted by molar-refractivity contribution is 0.693. The lowest BCUT2D eigenvalue weighted by atomic mass is 9.65. The van der Waals surface area contributed by atoms with Crippen LogP contribution in [0.5, 0.6) is 0 Å². The Morgan fingerprint density at radius 3 is 1.91 bits per heavy atom. The first-order valence-corrected chi connectivity index (χ1v) is 15.4. The third kappa shape index (κ3) is 5.76. The molecule has 5 aromatic carbocycles. The van der Waals surface area contributed by atoms with Crippen LogP contribution in [0.3, 0.4) is 0 Å². The zero-order chi connectivity index (χ0) is 30.1. The maximum atomic E-state index is 3.70. The van der Waals surface area contributed by atoms with Crippen LogP contribution in [-0.4, -0.2) is 0 Å². The van der Waals surface area contributed by atoms with Crippen molar-refractivity contribution >= 4 is 11.4 Å². The lowest BCUT2D eigenvalue weighted by Crippen LogP contribution is -2.30. The molecule has 2 aliphatic rings. The van der Waals surface area contributed by atoms with Crippen molar-refractivity contribution in [2.75, 3.05) is 5.32 Å². The van der Waals surface area contributed by atoms with Crippen molar-refractivity contribution in [1.29, 1.82) is 0 Å². The predicted octanol–water partition coefficient (Wildman–Crippen LogP) is 11.9. The molecule has 43 heavy (non-hydrogen) atoms. The molecular formula is C42H41N. The number of hydrogen-bond acceptors (Lipinski definition) is 1. The van der Waals surface area contributed by atoms with Crippen LogP contribution in [0.25, 0.3) is 22.3 Å². The standard InChI is InChI=1S/C37H29N.C3H6.C2H6/c1-4-12-27(13-5-1)28-20-22-31(23-21-28)38-32-24-25-34-33-18-10-11-19-35(33)37(36(34)26-32,29-14-6-2-7-15-29)30-16-8-3-9-17-30;1-3-2;1-2/h1-8,10-16,18-26,38H,9,17H2;3H,1H2,2H3;1-2H3. The number of hydrogen-bond donors (Lipinski definition) is 1. The van der Waals surface area contributed by atoms with Crippen molar-refractivity contribution in [3.05, 3.63) is 181 Å². The summed E-state index contributed by atoms with van der Waals surface area (Å²) in [6.07, 6.45) is 10.7. The van der Waals surface area contributed by atoms with Crippen LogP contribution in [-0.2, 0) is 5.41 Å². The van der Waals surface area contributed by atoms with Crippen molar-refractivity contribution in [2.45, 2.75) is 39.0 Å². The lowest BCUT2D eigenvalue weighted by Gasteiger charge is -2.36. The Kier molecular flexibility index (Phi) is 9.54. The summed E-state index contributed by atoms with van der Waals surface area (Å²) < 4.78 is 0. The summed E-state index contributed by atoms with van der Waals surface area (Å²) >= 11 is 0. The van der Waals surface area contributed by atoms with Crippen LogP contribution in [0.1, 0.15) is 50.3 Å². The Balaban J connectivity index is 0.000000695. The van der Waals surface area contributed by atoms with E-state index in [4.69, 9.17) is 0 Å². The molecule has 0 aliphatic heterocycles. The van der Waals surface area contributed by atoms with Gasteiger partial charge in [-0.3, -0.25) is 0 Å². The van der Waals surface area contributed by atoms with Gasteiger partial charge in [-0.2, -0.15) is 0 Å². The largest absolute Gasteiger partial charge is 0.356 e. The first-order chi connectivity index (χ1) is 21.3. The summed E-state index contributed by atoms with van der Waals surface area (Å²) in [6.45, 7) is 9.25. The molecule has 0 aromatic heterocycles. The second-order valence-corrected chi connectivity index (χ2v) is 10.6. The van der Waals surface area contributed by atoms with Crippen LogP contribution in [0.4, 0.5) is 11.4 Å². The van der Waals surface area contributed by atoms with Crippen LogP contribution in [0.2, 0.25) is 0 Å². The van der Waals surface area contributed by atoms with Gasteiger partial charge in [0.05, 0.1) is 5.41 Å². The monoisotopic (exact) mass is 559 g/mol. The van der Waals surface area contributed by atoms with Gasteiger partial charge in [0, 0.05) is 11.4 Å². The average molecular weight is 560 g/mol. The molecule has 0 heterocycles. The number of nitrogens with one attached hydrogen (secondary N) is 1. The molecule has 1 unspecified atom stereocenters. The van der Waals surface area contributed by atoms with Gasteiger partial charge < -0.3 is 5.32 Å². The van der Waals surface area contributed by atoms with Crippen LogP contribution >= 0.6 is 0 Å². The topological polar surface area (TPSA) is 12.0 Å². The molecule has 0 saturated carbocycles. The van der Waals surface area contributed by atoms with Crippen molar-refractivity contribution in [2.24, 2.45) is 0 Å². The molecule has 0 spiro atoms. The summed E-state index contributed by atoms with van der Waals surface area (Å²) in [4.78, 5) is 0. The van der Waals surface area contributed by atoms with E-state index in [1.54, 1.807) is 6.08 Å². The summed E-state index contributed by atoms with van der Waals surface area (Å²) in [6, 6.07) is 46.2. The second kappa shape index (κ2) is 13.9. The van der Waals surface area contributed by atoms with Gasteiger partial charge in [0.25, 0.3) is 0 Å². The highest BCUT2D eigenvalue weighted by atomic mass is 14.9. The molecule has 0 fully saturated rings. The normalized spacial score (nSPS) is 15.8. The van der Waals surface area contributed by atoms with E-state index in [0.717, 1.165) is 24.2 Å². The Morgan fingerprint density at radius 1 is 0.651 bits per heavy atom. The van der Waals surface area contributed by atoms with Gasteiger partial charge in [-0.1, -0.05) is 147 Å². The molecule has 2 aliphatic carbocycles. The number of rotatable bonds is 5. The minimum atomic E-state index is -0.299. The van der Waals surface area contributed by atoms with Crippen molar-refractivity contribution in [3.8, 4) is 22.3 Å². The number of anilines is 2. The first kappa shape index (κ1) is 29.6. The van der Waals surface area contributed by atoms with Crippen LogP contribution < -0.4 is 5.32 Å². The van der Waals surface area contributed by atoms with Crippen LogP contribution in [0.15, 0.2) is 164 Å². The highest BCUT2D eigenvalue weighted by Crippen LogP contribution is 2.58. The average Bonchev–Trinajstić information content (AvgIpc) is 3.38. The van der Waals surface area contributed by atoms with E-state index < -0.39 is 0 Å². The quantitative estimate of drug-likeness (QED) is 0.211. The minimum Gasteiger partial charge on any atom is -0.356 e. The Hall–Kier alpha value is -4.88. The van der Waals surface area contributed by atoms with E-state index in [-0.39, 0.29) is 5.41 Å². The third-order valence-corrected chi connectivity index (χ3v) is 8.03. The molecule has 1 N–H and O–H groups in total. The SMILES string of the molecule is C1=CCCC(C2(c3ccccc3)c3ccccc3-c3ccc(Nc4ccc(-c5ccccc5)cc4)cc32)=C1.C=CC.CC. The third-order valence-electron chi connectivity index (χ3n) is 8.03. The van der Waals surface area contributed by atoms with E-state index in [1.807, 2.05) is 20.8 Å². The van der Waals surface area contributed by atoms with E-state index in [1.165, 1.54) is 44.5 Å². The van der Waals surface area contributed by atoms with Gasteiger partial charge in [-0.15, -0.1) is 6.58 Å². The molecule has 1 nitrogen and oxygen atoms in total. The van der Waals surface area contributed by atoms with Crippen LogP contribution in [0, 0.1) is 0 Å². The van der Waals surface area contributed by atoms with Crippen molar-refractivity contribution < 1.29 is 0 Å². The molecule has 0 amide bonds. The summed E-state index contributed by atoms with van der Waals surface area (Å²) in [5.41, 5.74) is 12.5. The highest BCUT2D eigenvalue weighted by molar-refractivity contribution is 5.88. The van der Waals surface area contributed by atoms with E-state index in [9.17, 15) is 0 Å². The van der Waals surface area contributed by atoms with Gasteiger partial charge in [0.15, 0.2) is 0 Å². The first-order valence-electron chi connectivity index (χ1n) is 15.4. The van der Waals surface area contributed by atoms with E-state index in [0.29, 0.717) is 0 Å². The fourth-order valence-electron chi connectivity index (χ4n) is 6.35. The molecule has 1 heteroatoms. The Morgan fingerprint density at radius 2 is 1.23 bits per heavy atom. The van der Waals surface area contributed by atoms with Gasteiger partial charge in [0.1, 0.15) is 0 Å². The number of benzene rings is 5. The zero-order valence-corrected chi connectivity index (χ0v) is 25.6. The molecular weight excluding hydrogens is 518 g/mol. The van der Waals surface area contributed by atoms with Crippen molar-refractivity contribution in [1.82, 2.24) is 0 Å². The van der Waals surface area contributed by atoms with Gasteiger partial charge >= 0.3 is 0 Å². The predicted molar refractivity (Wildman–Crippen MR) is 187 cm³/mol. The number of allylic oxidation sites excluding steroid dienone is 5. The maximum absolute atomic E-state index is 3.70. The molecule has 7 rings (SSSR count). The fraction of sp³-hybridized carbons (Fsp3) is 0.143. The highest BCUT2D eigenvalue weighted by Gasteiger charge is 2.47. The maximum Gasteiger partial charge on any atom is 0.0677 e. The molecule has 214 valence electrons. The van der Waals surface area contributed by atoms with Gasteiger partial charge in [-0.05, 0) is 83.0 Å². The molecule has 1 atom stereocenters. The van der Waals surface area contributed by atoms with Gasteiger partial charge in [-0.25, -0.2) is 0 Å². The smallest absolute Gasteiger partial charge is 0.0677 e. The van der Waals surface area contributed by atoms with Gasteiger partial charge in [0.2, 0.25) is 0 Å². The minimum absolute atomic E-state index is 0.299. The summed E-state index contributed by atoms with van der Waals surface area (Å²) in [5, 5.41) is 3.70. The van der Waals surface area contributed by atoms with Crippen molar-refractivity contribution in [3.63, 3.8) is 0 Å². The van der Waals surface area contributed by atoms with E-state index in [2.05, 4.69) is 158 Å².